The van der Waals surface area contributed by atoms with E-state index in [2.05, 4.69) is 6.08 Å². The summed E-state index contributed by atoms with van der Waals surface area (Å²) in [7, 11) is 0. The van der Waals surface area contributed by atoms with Gasteiger partial charge in [-0.1, -0.05) is 44.2 Å². The molecule has 0 amide bonds. The summed E-state index contributed by atoms with van der Waals surface area (Å²) < 4.78 is 5.21. The van der Waals surface area contributed by atoms with E-state index in [0.29, 0.717) is 5.76 Å². The first-order valence-corrected chi connectivity index (χ1v) is 4.97. The van der Waals surface area contributed by atoms with Crippen molar-refractivity contribution >= 4 is 11.7 Å². The van der Waals surface area contributed by atoms with Crippen LogP contribution >= 0.6 is 0 Å². The monoisotopic (exact) mass is 203 g/mol. The van der Waals surface area contributed by atoms with Crippen LogP contribution in [0.25, 0.3) is 5.76 Å². The summed E-state index contributed by atoms with van der Waals surface area (Å²) >= 11 is 0. The molecule has 0 saturated heterocycles. The highest BCUT2D eigenvalue weighted by atomic mass is 16.5. The van der Waals surface area contributed by atoms with Crippen LogP contribution in [0.5, 0.6) is 0 Å². The van der Waals surface area contributed by atoms with Crippen molar-refractivity contribution < 1.29 is 9.53 Å². The minimum Gasteiger partial charge on any atom is -0.425 e. The second kappa shape index (κ2) is 5.35. The number of ether oxygens (including phenoxy) is 1. The molecule has 1 rings (SSSR count). The molecule has 1 radical (unpaired) electrons. The van der Waals surface area contributed by atoms with Gasteiger partial charge in [-0.15, -0.1) is 0 Å². The molecular weight excluding hydrogens is 188 g/mol. The lowest BCUT2D eigenvalue weighted by atomic mass is 10.2. The van der Waals surface area contributed by atoms with Crippen molar-refractivity contribution in [2.24, 2.45) is 5.92 Å². The molecule has 0 fully saturated rings. The van der Waals surface area contributed by atoms with Crippen molar-refractivity contribution in [2.75, 3.05) is 0 Å². The van der Waals surface area contributed by atoms with Crippen molar-refractivity contribution in [2.45, 2.75) is 20.8 Å². The van der Waals surface area contributed by atoms with Crippen LogP contribution in [0.2, 0.25) is 0 Å². The highest BCUT2D eigenvalue weighted by Crippen LogP contribution is 2.16. The van der Waals surface area contributed by atoms with Crippen LogP contribution in [-0.2, 0) is 9.53 Å². The maximum Gasteiger partial charge on any atom is 0.313 e. The molecule has 0 heterocycles. The first kappa shape index (κ1) is 11.5. The van der Waals surface area contributed by atoms with Gasteiger partial charge in [0.2, 0.25) is 0 Å². The summed E-state index contributed by atoms with van der Waals surface area (Å²) in [6.45, 7) is 5.34. The minimum absolute atomic E-state index is 0.128. The van der Waals surface area contributed by atoms with Gasteiger partial charge in [0.05, 0.1) is 5.92 Å². The van der Waals surface area contributed by atoms with Crippen molar-refractivity contribution in [3.8, 4) is 0 Å². The van der Waals surface area contributed by atoms with Gasteiger partial charge in [-0.25, -0.2) is 0 Å². The molecular formula is C13H15O2. The van der Waals surface area contributed by atoms with Gasteiger partial charge in [0.25, 0.3) is 0 Å². The number of rotatable bonds is 3. The summed E-state index contributed by atoms with van der Waals surface area (Å²) in [5.74, 6) is 0.134. The second-order valence-corrected chi connectivity index (χ2v) is 3.52. The fourth-order valence-corrected chi connectivity index (χ4v) is 1.06. The Labute approximate surface area is 90.6 Å². The van der Waals surface area contributed by atoms with E-state index in [4.69, 9.17) is 4.74 Å². The van der Waals surface area contributed by atoms with E-state index in [9.17, 15) is 4.79 Å². The Hall–Kier alpha value is -1.57. The molecule has 15 heavy (non-hydrogen) atoms. The first-order chi connectivity index (χ1) is 7.15. The Bertz CT molecular complexity index is 350. The van der Waals surface area contributed by atoms with Crippen molar-refractivity contribution in [1.82, 2.24) is 0 Å². The molecule has 2 heteroatoms. The van der Waals surface area contributed by atoms with Gasteiger partial charge >= 0.3 is 5.97 Å². The van der Waals surface area contributed by atoms with Gasteiger partial charge in [0.15, 0.2) is 0 Å². The Balaban J connectivity index is 2.79. The fraction of sp³-hybridized carbons (Fsp3) is 0.308. The average Bonchev–Trinajstić information content (AvgIpc) is 2.26. The molecule has 0 aliphatic heterocycles. The number of carbonyl (C=O) groups is 1. The first-order valence-electron chi connectivity index (χ1n) is 4.97. The Morgan fingerprint density at radius 1 is 1.27 bits per heavy atom. The van der Waals surface area contributed by atoms with Gasteiger partial charge in [-0.3, -0.25) is 4.79 Å². The molecule has 0 atom stereocenters. The van der Waals surface area contributed by atoms with E-state index >= 15 is 0 Å². The van der Waals surface area contributed by atoms with Gasteiger partial charge in [-0.2, -0.15) is 0 Å². The Morgan fingerprint density at radius 2 is 1.87 bits per heavy atom. The van der Waals surface area contributed by atoms with Gasteiger partial charge in [0, 0.05) is 5.56 Å². The molecule has 2 nitrogen and oxygen atoms in total. The summed E-state index contributed by atoms with van der Waals surface area (Å²) in [6, 6.07) is 9.49. The zero-order valence-electron chi connectivity index (χ0n) is 9.28. The zero-order chi connectivity index (χ0) is 11.3. The number of hydrogen-bond acceptors (Lipinski definition) is 2. The number of allylic oxidation sites excluding steroid dienone is 1. The number of esters is 1. The topological polar surface area (TPSA) is 26.3 Å². The molecule has 0 unspecified atom stereocenters. The highest BCUT2D eigenvalue weighted by Gasteiger charge is 2.12. The van der Waals surface area contributed by atoms with E-state index in [1.807, 2.05) is 30.3 Å². The number of carbonyl (C=O) groups excluding carboxylic acids is 1. The lowest BCUT2D eigenvalue weighted by molar-refractivity contribution is -0.140. The molecule has 0 aliphatic rings. The molecule has 79 valence electrons. The van der Waals surface area contributed by atoms with Gasteiger partial charge < -0.3 is 4.74 Å². The average molecular weight is 203 g/mol. The predicted octanol–water partition coefficient (Wildman–Crippen LogP) is 3.05. The summed E-state index contributed by atoms with van der Waals surface area (Å²) in [5, 5.41) is 0. The van der Waals surface area contributed by atoms with E-state index in [-0.39, 0.29) is 11.9 Å². The third-order valence-electron chi connectivity index (χ3n) is 1.94. The summed E-state index contributed by atoms with van der Waals surface area (Å²) in [5.41, 5.74) is 0.869. The van der Waals surface area contributed by atoms with E-state index < -0.39 is 0 Å². The molecule has 1 aromatic carbocycles. The smallest absolute Gasteiger partial charge is 0.313 e. The van der Waals surface area contributed by atoms with Crippen LogP contribution in [0.4, 0.5) is 0 Å². The molecule has 0 saturated carbocycles. The molecule has 1 aromatic rings. The van der Waals surface area contributed by atoms with Crippen molar-refractivity contribution in [1.29, 1.82) is 0 Å². The molecule has 0 spiro atoms. The van der Waals surface area contributed by atoms with E-state index in [1.54, 1.807) is 20.8 Å². The third kappa shape index (κ3) is 3.24. The maximum atomic E-state index is 11.4. The van der Waals surface area contributed by atoms with Crippen LogP contribution in [-0.4, -0.2) is 5.97 Å². The second-order valence-electron chi connectivity index (χ2n) is 3.52. The van der Waals surface area contributed by atoms with Crippen LogP contribution in [0.3, 0.4) is 0 Å². The van der Waals surface area contributed by atoms with Gasteiger partial charge in [-0.05, 0) is 13.0 Å². The predicted molar refractivity (Wildman–Crippen MR) is 59.7 cm³/mol. The normalized spacial score (nSPS) is 11.6. The largest absolute Gasteiger partial charge is 0.425 e. The minimum atomic E-state index is -0.233. The fourth-order valence-electron chi connectivity index (χ4n) is 1.06. The van der Waals surface area contributed by atoms with Crippen LogP contribution in [0.1, 0.15) is 26.3 Å². The van der Waals surface area contributed by atoms with Crippen LogP contribution < -0.4 is 0 Å². The summed E-state index contributed by atoms with van der Waals surface area (Å²) in [4.78, 5) is 11.4. The lowest BCUT2D eigenvalue weighted by Gasteiger charge is -2.09. The van der Waals surface area contributed by atoms with Crippen LogP contribution in [0.15, 0.2) is 30.3 Å². The zero-order valence-corrected chi connectivity index (χ0v) is 9.28. The standard InChI is InChI=1S/C13H15O2/c1-4-12(15-13(14)10(2)3)11-8-6-5-7-9-11/h5-10H,1-3H3. The Kier molecular flexibility index (Phi) is 4.10. The molecule has 0 aliphatic carbocycles. The molecule has 0 N–H and O–H groups in total. The van der Waals surface area contributed by atoms with Crippen molar-refractivity contribution in [3.63, 3.8) is 0 Å². The van der Waals surface area contributed by atoms with E-state index in [1.165, 1.54) is 0 Å². The molecule has 0 aromatic heterocycles. The molecule has 0 bridgehead atoms. The van der Waals surface area contributed by atoms with E-state index in [0.717, 1.165) is 5.56 Å². The lowest BCUT2D eigenvalue weighted by Crippen LogP contribution is -2.10. The highest BCUT2D eigenvalue weighted by molar-refractivity contribution is 5.78. The number of hydrogen-bond donors (Lipinski definition) is 0. The quantitative estimate of drug-likeness (QED) is 0.557. The van der Waals surface area contributed by atoms with Gasteiger partial charge in [0.1, 0.15) is 5.76 Å². The van der Waals surface area contributed by atoms with Crippen LogP contribution in [0, 0.1) is 12.0 Å². The number of benzene rings is 1. The SMILES string of the molecule is C[C]=C(OC(=O)C(C)C)c1ccccc1. The summed E-state index contributed by atoms with van der Waals surface area (Å²) in [6.07, 6.45) is 2.88. The van der Waals surface area contributed by atoms with Crippen molar-refractivity contribution in [3.05, 3.63) is 42.0 Å². The maximum absolute atomic E-state index is 11.4. The third-order valence-corrected chi connectivity index (χ3v) is 1.94. The Morgan fingerprint density at radius 3 is 2.33 bits per heavy atom.